The van der Waals surface area contributed by atoms with Gasteiger partial charge in [0.15, 0.2) is 5.13 Å². The molecule has 1 saturated heterocycles. The fraction of sp³-hybridized carbons (Fsp3) is 0.0800. The fourth-order valence-corrected chi connectivity index (χ4v) is 5.14. The number of Topliss-reactive ketones (excluding diaryl/α,β-unsaturated/α-hetero) is 1. The molecule has 0 radical (unpaired) electrons. The molecule has 1 fully saturated rings. The van der Waals surface area contributed by atoms with Crippen molar-refractivity contribution in [3.63, 3.8) is 0 Å². The van der Waals surface area contributed by atoms with Gasteiger partial charge in [-0.2, -0.15) is 0 Å². The van der Waals surface area contributed by atoms with Gasteiger partial charge >= 0.3 is 5.91 Å². The number of nitrogens with zero attached hydrogens (tertiary/aromatic N) is 2. The van der Waals surface area contributed by atoms with E-state index < -0.39 is 17.7 Å². The summed E-state index contributed by atoms with van der Waals surface area (Å²) < 4.78 is 5.96. The third-order valence-corrected chi connectivity index (χ3v) is 6.72. The van der Waals surface area contributed by atoms with E-state index in [0.717, 1.165) is 4.70 Å². The summed E-state index contributed by atoms with van der Waals surface area (Å²) in [4.78, 5) is 32.4. The van der Waals surface area contributed by atoms with Crippen LogP contribution >= 0.6 is 22.9 Å². The van der Waals surface area contributed by atoms with Crippen LogP contribution in [0.5, 0.6) is 5.75 Å². The molecule has 3 aromatic carbocycles. The zero-order valence-electron chi connectivity index (χ0n) is 17.4. The lowest BCUT2D eigenvalue weighted by molar-refractivity contribution is -0.132. The molecule has 1 aliphatic heterocycles. The van der Waals surface area contributed by atoms with Crippen molar-refractivity contribution < 1.29 is 19.4 Å². The van der Waals surface area contributed by atoms with E-state index in [0.29, 0.717) is 32.5 Å². The molecule has 164 valence electrons. The first-order chi connectivity index (χ1) is 16.0. The van der Waals surface area contributed by atoms with Gasteiger partial charge in [0, 0.05) is 10.6 Å². The molecule has 5 rings (SSSR count). The van der Waals surface area contributed by atoms with Crippen LogP contribution in [0.15, 0.2) is 78.4 Å². The minimum Gasteiger partial charge on any atom is -0.507 e. The van der Waals surface area contributed by atoms with Crippen LogP contribution in [0.1, 0.15) is 17.2 Å². The standard InChI is InChI=1S/C25H17ClN2O4S/c1-32-17-10-7-15(8-11-17)22(29)20-21(14-5-3-2-4-6-14)28(24(31)23(20)30)25-27-18-12-9-16(26)13-19(18)33-25/h2-13,21,29H,1H3/b22-20+. The zero-order chi connectivity index (χ0) is 23.1. The van der Waals surface area contributed by atoms with Gasteiger partial charge in [-0.25, -0.2) is 4.98 Å². The summed E-state index contributed by atoms with van der Waals surface area (Å²) in [7, 11) is 1.54. The Hall–Kier alpha value is -3.68. The van der Waals surface area contributed by atoms with Crippen LogP contribution in [0.3, 0.4) is 0 Å². The number of thiazole rings is 1. The van der Waals surface area contributed by atoms with E-state index >= 15 is 0 Å². The topological polar surface area (TPSA) is 79.7 Å². The van der Waals surface area contributed by atoms with Crippen molar-refractivity contribution in [2.75, 3.05) is 12.0 Å². The second-order valence-electron chi connectivity index (χ2n) is 7.42. The maximum Gasteiger partial charge on any atom is 0.301 e. The molecule has 4 aromatic rings. The number of benzene rings is 3. The predicted molar refractivity (Wildman–Crippen MR) is 129 cm³/mol. The second kappa shape index (κ2) is 8.35. The van der Waals surface area contributed by atoms with Gasteiger partial charge in [0.1, 0.15) is 11.5 Å². The predicted octanol–water partition coefficient (Wildman–Crippen LogP) is 5.58. The van der Waals surface area contributed by atoms with Crippen molar-refractivity contribution >= 4 is 55.7 Å². The van der Waals surface area contributed by atoms with Gasteiger partial charge in [-0.1, -0.05) is 53.3 Å². The number of aliphatic hydroxyl groups excluding tert-OH is 1. The molecule has 33 heavy (non-hydrogen) atoms. The number of ether oxygens (including phenoxy) is 1. The number of hydrogen-bond donors (Lipinski definition) is 1. The number of hydrogen-bond acceptors (Lipinski definition) is 6. The first kappa shape index (κ1) is 21.2. The van der Waals surface area contributed by atoms with Gasteiger partial charge in [0.05, 0.1) is 28.9 Å². The van der Waals surface area contributed by atoms with Crippen molar-refractivity contribution in [3.8, 4) is 5.75 Å². The molecule has 0 saturated carbocycles. The maximum absolute atomic E-state index is 13.2. The van der Waals surface area contributed by atoms with E-state index in [-0.39, 0.29) is 11.3 Å². The number of anilines is 1. The first-order valence-corrected chi connectivity index (χ1v) is 11.2. The highest BCUT2D eigenvalue weighted by molar-refractivity contribution is 7.22. The summed E-state index contributed by atoms with van der Waals surface area (Å²) in [6.07, 6.45) is 0. The quantitative estimate of drug-likeness (QED) is 0.236. The van der Waals surface area contributed by atoms with E-state index in [1.807, 2.05) is 30.3 Å². The number of fused-ring (bicyclic) bond motifs is 1. The average molecular weight is 477 g/mol. The van der Waals surface area contributed by atoms with Crippen LogP contribution in [-0.4, -0.2) is 28.9 Å². The molecule has 0 spiro atoms. The van der Waals surface area contributed by atoms with Gasteiger partial charge in [0.25, 0.3) is 5.78 Å². The van der Waals surface area contributed by atoms with Crippen molar-refractivity contribution in [3.05, 3.63) is 94.5 Å². The fourth-order valence-electron chi connectivity index (χ4n) is 3.87. The Labute approximate surface area is 198 Å². The van der Waals surface area contributed by atoms with E-state index in [4.69, 9.17) is 16.3 Å². The summed E-state index contributed by atoms with van der Waals surface area (Å²) >= 11 is 7.38. The highest BCUT2D eigenvalue weighted by atomic mass is 35.5. The Morgan fingerprint density at radius 2 is 1.79 bits per heavy atom. The number of rotatable bonds is 4. The maximum atomic E-state index is 13.2. The molecule has 0 bridgehead atoms. The molecular weight excluding hydrogens is 460 g/mol. The van der Waals surface area contributed by atoms with Crippen LogP contribution in [0, 0.1) is 0 Å². The monoisotopic (exact) mass is 476 g/mol. The van der Waals surface area contributed by atoms with Crippen LogP contribution in [0.25, 0.3) is 16.0 Å². The molecule has 1 aromatic heterocycles. The molecule has 1 N–H and O–H groups in total. The Bertz CT molecular complexity index is 1410. The minimum absolute atomic E-state index is 0.00801. The largest absolute Gasteiger partial charge is 0.507 e. The number of halogens is 1. The van der Waals surface area contributed by atoms with Gasteiger partial charge in [0.2, 0.25) is 0 Å². The van der Waals surface area contributed by atoms with Crippen LogP contribution in [0.4, 0.5) is 5.13 Å². The van der Waals surface area contributed by atoms with E-state index in [1.54, 1.807) is 49.6 Å². The third kappa shape index (κ3) is 3.65. The number of methoxy groups -OCH3 is 1. The highest BCUT2D eigenvalue weighted by Gasteiger charge is 2.48. The van der Waals surface area contributed by atoms with E-state index in [1.165, 1.54) is 16.2 Å². The lowest BCUT2D eigenvalue weighted by Crippen LogP contribution is -2.29. The van der Waals surface area contributed by atoms with E-state index in [2.05, 4.69) is 4.98 Å². The summed E-state index contributed by atoms with van der Waals surface area (Å²) in [6, 6.07) is 20.2. The molecule has 1 amide bonds. The summed E-state index contributed by atoms with van der Waals surface area (Å²) in [5, 5.41) is 12.1. The van der Waals surface area contributed by atoms with Crippen LogP contribution < -0.4 is 9.64 Å². The number of aliphatic hydroxyl groups is 1. The molecule has 6 nitrogen and oxygen atoms in total. The minimum atomic E-state index is -0.829. The lowest BCUT2D eigenvalue weighted by atomic mass is 9.95. The van der Waals surface area contributed by atoms with Crippen molar-refractivity contribution in [1.82, 2.24) is 4.98 Å². The Kier molecular flexibility index (Phi) is 5.36. The highest BCUT2D eigenvalue weighted by Crippen LogP contribution is 2.44. The Morgan fingerprint density at radius 1 is 1.06 bits per heavy atom. The lowest BCUT2D eigenvalue weighted by Gasteiger charge is -2.22. The smallest absolute Gasteiger partial charge is 0.301 e. The van der Waals surface area contributed by atoms with Gasteiger partial charge in [-0.15, -0.1) is 0 Å². The number of ketones is 1. The van der Waals surface area contributed by atoms with E-state index in [9.17, 15) is 14.7 Å². The molecule has 8 heteroatoms. The van der Waals surface area contributed by atoms with Crippen molar-refractivity contribution in [2.45, 2.75) is 6.04 Å². The van der Waals surface area contributed by atoms with Gasteiger partial charge < -0.3 is 9.84 Å². The number of carbonyl (C=O) groups excluding carboxylic acids is 2. The first-order valence-electron chi connectivity index (χ1n) is 10.0. The Morgan fingerprint density at radius 3 is 2.48 bits per heavy atom. The molecule has 2 heterocycles. The summed E-state index contributed by atoms with van der Waals surface area (Å²) in [6.45, 7) is 0. The van der Waals surface area contributed by atoms with Crippen molar-refractivity contribution in [1.29, 1.82) is 0 Å². The molecule has 1 atom stereocenters. The molecule has 0 aliphatic carbocycles. The van der Waals surface area contributed by atoms with Crippen molar-refractivity contribution in [2.24, 2.45) is 0 Å². The molecule has 1 aliphatic rings. The zero-order valence-corrected chi connectivity index (χ0v) is 18.9. The number of carbonyl (C=O) groups is 2. The van der Waals surface area contributed by atoms with Gasteiger partial charge in [-0.05, 0) is 48.0 Å². The normalized spacial score (nSPS) is 17.6. The summed E-state index contributed by atoms with van der Waals surface area (Å²) in [5.74, 6) is -1.16. The summed E-state index contributed by atoms with van der Waals surface area (Å²) in [5.41, 5.74) is 1.77. The third-order valence-electron chi connectivity index (χ3n) is 5.47. The Balaban J connectivity index is 1.70. The number of amides is 1. The van der Waals surface area contributed by atoms with Gasteiger partial charge in [-0.3, -0.25) is 14.5 Å². The average Bonchev–Trinajstić information content (AvgIpc) is 3.37. The molecular formula is C25H17ClN2O4S. The SMILES string of the molecule is COc1ccc(/C(O)=C2\C(=O)C(=O)N(c3nc4ccc(Cl)cc4s3)C2c2ccccc2)cc1. The second-order valence-corrected chi connectivity index (χ2v) is 8.86. The number of aromatic nitrogens is 1. The van der Waals surface area contributed by atoms with Crippen LogP contribution in [-0.2, 0) is 9.59 Å². The molecule has 1 unspecified atom stereocenters. The van der Waals surface area contributed by atoms with Crippen LogP contribution in [0.2, 0.25) is 5.02 Å².